The van der Waals surface area contributed by atoms with Gasteiger partial charge in [-0.05, 0) is 75.1 Å². The standard InChI is InChI=1S/C22H25N3O2/c1-6-9-27-16(5)24-19-11-14(3)15(4)12-20(19)25-21(26)17-8-7-13(2)10-18(17)23-22(24)25/h7-8,10-12,16H,6,9H2,1-5H3. The fourth-order valence-electron chi connectivity index (χ4n) is 3.65. The molecule has 4 rings (SSSR count). The van der Waals surface area contributed by atoms with Gasteiger partial charge in [-0.1, -0.05) is 13.0 Å². The lowest BCUT2D eigenvalue weighted by atomic mass is 10.1. The van der Waals surface area contributed by atoms with Crippen LogP contribution < -0.4 is 5.56 Å². The van der Waals surface area contributed by atoms with Gasteiger partial charge in [0.05, 0.1) is 21.9 Å². The molecule has 0 saturated heterocycles. The Labute approximate surface area is 158 Å². The quantitative estimate of drug-likeness (QED) is 0.529. The van der Waals surface area contributed by atoms with Gasteiger partial charge in [0.2, 0.25) is 5.78 Å². The first-order valence-corrected chi connectivity index (χ1v) is 9.48. The van der Waals surface area contributed by atoms with E-state index in [2.05, 4.69) is 32.9 Å². The van der Waals surface area contributed by atoms with Gasteiger partial charge in [0.1, 0.15) is 6.23 Å². The molecule has 2 aromatic carbocycles. The molecule has 1 atom stereocenters. The summed E-state index contributed by atoms with van der Waals surface area (Å²) in [6.07, 6.45) is 0.725. The van der Waals surface area contributed by atoms with Crippen molar-refractivity contribution >= 4 is 27.7 Å². The summed E-state index contributed by atoms with van der Waals surface area (Å²) >= 11 is 0. The lowest BCUT2D eigenvalue weighted by Crippen LogP contribution is -2.17. The van der Waals surface area contributed by atoms with Gasteiger partial charge in [0, 0.05) is 6.61 Å². The molecule has 0 aliphatic carbocycles. The van der Waals surface area contributed by atoms with E-state index in [0.29, 0.717) is 17.8 Å². The first-order chi connectivity index (χ1) is 12.9. The summed E-state index contributed by atoms with van der Waals surface area (Å²) in [5, 5.41) is 0.637. The second-order valence-electron chi connectivity index (χ2n) is 7.34. The fraction of sp³-hybridized carbons (Fsp3) is 0.364. The second kappa shape index (κ2) is 6.50. The molecular formula is C22H25N3O2. The Morgan fingerprint density at radius 2 is 1.78 bits per heavy atom. The van der Waals surface area contributed by atoms with E-state index in [1.807, 2.05) is 36.6 Å². The molecule has 140 valence electrons. The van der Waals surface area contributed by atoms with Crippen molar-refractivity contribution in [2.24, 2.45) is 0 Å². The van der Waals surface area contributed by atoms with E-state index >= 15 is 0 Å². The first-order valence-electron chi connectivity index (χ1n) is 9.48. The number of aromatic nitrogens is 3. The summed E-state index contributed by atoms with van der Waals surface area (Å²) in [6.45, 7) is 10.9. The Balaban J connectivity index is 2.18. The molecule has 0 bridgehead atoms. The summed E-state index contributed by atoms with van der Waals surface area (Å²) < 4.78 is 9.77. The van der Waals surface area contributed by atoms with Crippen LogP contribution in [0.1, 0.15) is 43.2 Å². The molecule has 0 aliphatic heterocycles. The number of benzene rings is 2. The fourth-order valence-corrected chi connectivity index (χ4v) is 3.65. The van der Waals surface area contributed by atoms with E-state index in [1.54, 1.807) is 4.40 Å². The number of ether oxygens (including phenoxy) is 1. The SMILES string of the molecule is CCCOC(C)n1c2cc(C)c(C)cc2n2c(=O)c3ccc(C)cc3nc12. The molecule has 0 aliphatic rings. The van der Waals surface area contributed by atoms with Gasteiger partial charge in [0.15, 0.2) is 0 Å². The Morgan fingerprint density at radius 3 is 2.48 bits per heavy atom. The van der Waals surface area contributed by atoms with E-state index in [0.717, 1.165) is 34.1 Å². The van der Waals surface area contributed by atoms with Crippen LogP contribution in [-0.2, 0) is 4.74 Å². The van der Waals surface area contributed by atoms with Gasteiger partial charge < -0.3 is 4.74 Å². The van der Waals surface area contributed by atoms with Crippen LogP contribution in [0.3, 0.4) is 0 Å². The molecule has 2 heterocycles. The third-order valence-electron chi connectivity index (χ3n) is 5.24. The molecule has 4 aromatic rings. The lowest BCUT2D eigenvalue weighted by molar-refractivity contribution is 0.0218. The molecule has 5 nitrogen and oxygen atoms in total. The predicted octanol–water partition coefficient (Wildman–Crippen LogP) is 4.67. The Kier molecular flexibility index (Phi) is 4.27. The molecular weight excluding hydrogens is 338 g/mol. The highest BCUT2D eigenvalue weighted by atomic mass is 16.5. The Bertz CT molecular complexity index is 1230. The molecule has 0 saturated carbocycles. The van der Waals surface area contributed by atoms with E-state index in [-0.39, 0.29) is 11.8 Å². The van der Waals surface area contributed by atoms with Crippen LogP contribution in [0.15, 0.2) is 35.1 Å². The molecule has 0 fully saturated rings. The van der Waals surface area contributed by atoms with Crippen LogP contribution in [0.25, 0.3) is 27.7 Å². The normalized spacial score (nSPS) is 13.1. The van der Waals surface area contributed by atoms with Crippen LogP contribution >= 0.6 is 0 Å². The number of hydrogen-bond donors (Lipinski definition) is 0. The van der Waals surface area contributed by atoms with Crippen LogP contribution in [-0.4, -0.2) is 20.6 Å². The summed E-state index contributed by atoms with van der Waals surface area (Å²) in [5.41, 5.74) is 5.95. The summed E-state index contributed by atoms with van der Waals surface area (Å²) in [5.74, 6) is 0.627. The number of hydrogen-bond acceptors (Lipinski definition) is 3. The molecule has 5 heteroatoms. The molecule has 0 radical (unpaired) electrons. The lowest BCUT2D eigenvalue weighted by Gasteiger charge is -2.16. The summed E-state index contributed by atoms with van der Waals surface area (Å²) in [6, 6.07) is 9.99. The van der Waals surface area contributed by atoms with E-state index in [4.69, 9.17) is 9.72 Å². The van der Waals surface area contributed by atoms with Crippen LogP contribution in [0.2, 0.25) is 0 Å². The van der Waals surface area contributed by atoms with E-state index in [1.165, 1.54) is 5.56 Å². The number of fused-ring (bicyclic) bond motifs is 4. The van der Waals surface area contributed by atoms with Crippen molar-refractivity contribution in [1.82, 2.24) is 14.0 Å². The average Bonchev–Trinajstić information content (AvgIpc) is 2.93. The average molecular weight is 363 g/mol. The minimum absolute atomic E-state index is 0.0373. The largest absolute Gasteiger partial charge is 0.358 e. The summed E-state index contributed by atoms with van der Waals surface area (Å²) in [7, 11) is 0. The molecule has 0 spiro atoms. The maximum Gasteiger partial charge on any atom is 0.267 e. The molecule has 2 aromatic heterocycles. The van der Waals surface area contributed by atoms with Gasteiger partial charge in [0.25, 0.3) is 5.56 Å². The monoisotopic (exact) mass is 363 g/mol. The van der Waals surface area contributed by atoms with Gasteiger partial charge in [-0.2, -0.15) is 0 Å². The van der Waals surface area contributed by atoms with Crippen LogP contribution in [0.4, 0.5) is 0 Å². The van der Waals surface area contributed by atoms with E-state index in [9.17, 15) is 4.79 Å². The van der Waals surface area contributed by atoms with E-state index < -0.39 is 0 Å². The topological polar surface area (TPSA) is 48.5 Å². The minimum Gasteiger partial charge on any atom is -0.358 e. The Morgan fingerprint density at radius 1 is 1.07 bits per heavy atom. The third kappa shape index (κ3) is 2.73. The van der Waals surface area contributed by atoms with Crippen molar-refractivity contribution in [3.8, 4) is 0 Å². The van der Waals surface area contributed by atoms with Crippen molar-refractivity contribution in [2.75, 3.05) is 6.61 Å². The van der Waals surface area contributed by atoms with Crippen molar-refractivity contribution in [3.63, 3.8) is 0 Å². The highest BCUT2D eigenvalue weighted by Crippen LogP contribution is 2.27. The number of rotatable bonds is 4. The highest BCUT2D eigenvalue weighted by Gasteiger charge is 2.20. The van der Waals surface area contributed by atoms with Gasteiger partial charge in [-0.25, -0.2) is 9.38 Å². The maximum absolute atomic E-state index is 13.3. The number of aryl methyl sites for hydroxylation is 3. The highest BCUT2D eigenvalue weighted by molar-refractivity contribution is 5.87. The van der Waals surface area contributed by atoms with Crippen LogP contribution in [0, 0.1) is 20.8 Å². The van der Waals surface area contributed by atoms with Crippen LogP contribution in [0.5, 0.6) is 0 Å². The van der Waals surface area contributed by atoms with Gasteiger partial charge in [-0.15, -0.1) is 0 Å². The Hall–Kier alpha value is -2.66. The molecule has 0 amide bonds. The maximum atomic E-state index is 13.3. The molecule has 1 unspecified atom stereocenters. The van der Waals surface area contributed by atoms with Crippen molar-refractivity contribution in [1.29, 1.82) is 0 Å². The number of nitrogens with zero attached hydrogens (tertiary/aromatic N) is 3. The third-order valence-corrected chi connectivity index (χ3v) is 5.24. The zero-order valence-electron chi connectivity index (χ0n) is 16.5. The zero-order valence-corrected chi connectivity index (χ0v) is 16.5. The summed E-state index contributed by atoms with van der Waals surface area (Å²) in [4.78, 5) is 18.2. The van der Waals surface area contributed by atoms with Gasteiger partial charge >= 0.3 is 0 Å². The van der Waals surface area contributed by atoms with Crippen molar-refractivity contribution in [3.05, 3.63) is 57.4 Å². The van der Waals surface area contributed by atoms with Gasteiger partial charge in [-0.3, -0.25) is 9.36 Å². The molecule has 27 heavy (non-hydrogen) atoms. The second-order valence-corrected chi connectivity index (χ2v) is 7.34. The van der Waals surface area contributed by atoms with Crippen molar-refractivity contribution < 1.29 is 4.74 Å². The smallest absolute Gasteiger partial charge is 0.267 e. The molecule has 0 N–H and O–H groups in total. The number of imidazole rings is 1. The predicted molar refractivity (Wildman–Crippen MR) is 110 cm³/mol. The minimum atomic E-state index is -0.214. The first kappa shape index (κ1) is 17.7. The van der Waals surface area contributed by atoms with Crippen molar-refractivity contribution in [2.45, 2.75) is 47.3 Å². The zero-order chi connectivity index (χ0) is 19.3.